The molecule has 0 bridgehead atoms. The minimum Gasteiger partial charge on any atom is -0.507 e. The summed E-state index contributed by atoms with van der Waals surface area (Å²) >= 11 is 6.65. The Morgan fingerprint density at radius 2 is 2.09 bits per heavy atom. The average molecular weight is 280 g/mol. The Hall–Kier alpha value is -0.0200. The Morgan fingerprint density at radius 1 is 1.36 bits per heavy atom. The van der Waals surface area contributed by atoms with E-state index in [9.17, 15) is 5.11 Å². The van der Waals surface area contributed by atoms with Crippen molar-refractivity contribution in [3.63, 3.8) is 0 Å². The van der Waals surface area contributed by atoms with Gasteiger partial charge in [-0.25, -0.2) is 0 Å². The molecule has 11 heavy (non-hydrogen) atoms. The number of rotatable bonds is 2. The Balaban J connectivity index is 2.96. The third kappa shape index (κ3) is 2.20. The van der Waals surface area contributed by atoms with E-state index >= 15 is 0 Å². The number of alkyl halides is 1. The number of halogens is 2. The molecule has 0 saturated carbocycles. The first kappa shape index (κ1) is 9.07. The molecule has 0 atom stereocenters. The fourth-order valence-electron chi connectivity index (χ4n) is 0.861. The molecule has 0 amide bonds. The minimum absolute atomic E-state index is 0.309. The second-order valence-corrected chi connectivity index (χ2v) is 3.78. The van der Waals surface area contributed by atoms with Gasteiger partial charge in [-0.2, -0.15) is 0 Å². The largest absolute Gasteiger partial charge is 0.507 e. The third-order valence-electron chi connectivity index (χ3n) is 1.42. The van der Waals surface area contributed by atoms with E-state index in [4.69, 9.17) is 0 Å². The number of aromatic hydroxyl groups is 1. The van der Waals surface area contributed by atoms with Crippen molar-refractivity contribution in [2.45, 2.75) is 6.42 Å². The summed E-state index contributed by atoms with van der Waals surface area (Å²) in [6.45, 7) is 0. The number of phenolic OH excluding ortho intramolecular Hbond substituents is 1. The molecule has 0 aromatic heterocycles. The van der Waals surface area contributed by atoms with Crippen LogP contribution in [0.3, 0.4) is 0 Å². The SMILES string of the molecule is Oc1cccc(CCBr)c1Br. The Morgan fingerprint density at radius 3 is 2.73 bits per heavy atom. The average Bonchev–Trinajstić information content (AvgIpc) is 1.99. The van der Waals surface area contributed by atoms with Gasteiger partial charge in [0.1, 0.15) is 5.75 Å². The normalized spacial score (nSPS) is 10.0. The van der Waals surface area contributed by atoms with E-state index in [0.717, 1.165) is 21.8 Å². The van der Waals surface area contributed by atoms with Crippen LogP contribution in [0.1, 0.15) is 5.56 Å². The molecule has 0 spiro atoms. The molecule has 0 unspecified atom stereocenters. The van der Waals surface area contributed by atoms with Gasteiger partial charge >= 0.3 is 0 Å². The lowest BCUT2D eigenvalue weighted by Crippen LogP contribution is -1.86. The fourth-order valence-corrected chi connectivity index (χ4v) is 1.75. The van der Waals surface area contributed by atoms with Crippen LogP contribution in [0.25, 0.3) is 0 Å². The summed E-state index contributed by atoms with van der Waals surface area (Å²) in [5, 5.41) is 10.2. The summed E-state index contributed by atoms with van der Waals surface area (Å²) in [6.07, 6.45) is 0.926. The lowest BCUT2D eigenvalue weighted by molar-refractivity contribution is 0.471. The van der Waals surface area contributed by atoms with Crippen molar-refractivity contribution in [1.82, 2.24) is 0 Å². The van der Waals surface area contributed by atoms with Gasteiger partial charge in [0.05, 0.1) is 4.47 Å². The highest BCUT2D eigenvalue weighted by Gasteiger charge is 2.02. The summed E-state index contributed by atoms with van der Waals surface area (Å²) in [7, 11) is 0. The minimum atomic E-state index is 0.309. The van der Waals surface area contributed by atoms with Crippen LogP contribution in [-0.2, 0) is 6.42 Å². The van der Waals surface area contributed by atoms with Crippen LogP contribution in [0.2, 0.25) is 0 Å². The van der Waals surface area contributed by atoms with Crippen LogP contribution < -0.4 is 0 Å². The number of phenols is 1. The number of hydrogen-bond donors (Lipinski definition) is 1. The van der Waals surface area contributed by atoms with E-state index in [2.05, 4.69) is 31.9 Å². The van der Waals surface area contributed by atoms with Crippen molar-refractivity contribution in [1.29, 1.82) is 0 Å². The highest BCUT2D eigenvalue weighted by atomic mass is 79.9. The van der Waals surface area contributed by atoms with Gasteiger partial charge in [0.2, 0.25) is 0 Å². The zero-order valence-electron chi connectivity index (χ0n) is 5.85. The molecule has 1 aromatic carbocycles. The van der Waals surface area contributed by atoms with E-state index < -0.39 is 0 Å². The summed E-state index contributed by atoms with van der Waals surface area (Å²) < 4.78 is 0.805. The van der Waals surface area contributed by atoms with Gasteiger partial charge in [-0.05, 0) is 34.0 Å². The van der Waals surface area contributed by atoms with E-state index in [-0.39, 0.29) is 0 Å². The van der Waals surface area contributed by atoms with Gasteiger partial charge in [0, 0.05) is 5.33 Å². The molecular formula is C8H8Br2O. The third-order valence-corrected chi connectivity index (χ3v) is 2.73. The van der Waals surface area contributed by atoms with Crippen molar-refractivity contribution >= 4 is 31.9 Å². The topological polar surface area (TPSA) is 20.2 Å². The van der Waals surface area contributed by atoms with Gasteiger partial charge in [0.25, 0.3) is 0 Å². The first-order valence-electron chi connectivity index (χ1n) is 3.28. The van der Waals surface area contributed by atoms with Crippen LogP contribution in [0.4, 0.5) is 0 Å². The van der Waals surface area contributed by atoms with Crippen LogP contribution >= 0.6 is 31.9 Å². The maximum absolute atomic E-state index is 9.26. The first-order valence-corrected chi connectivity index (χ1v) is 5.19. The molecular weight excluding hydrogens is 272 g/mol. The predicted molar refractivity (Wildman–Crippen MR) is 53.3 cm³/mol. The Kier molecular flexibility index (Phi) is 3.40. The van der Waals surface area contributed by atoms with Crippen LogP contribution in [0.5, 0.6) is 5.75 Å². The summed E-state index contributed by atoms with van der Waals surface area (Å²) in [4.78, 5) is 0. The second kappa shape index (κ2) is 4.12. The standard InChI is InChI=1S/C8H8Br2O/c9-5-4-6-2-1-3-7(11)8(6)10/h1-3,11H,4-5H2. The number of hydrogen-bond acceptors (Lipinski definition) is 1. The lowest BCUT2D eigenvalue weighted by Gasteiger charge is -2.02. The maximum Gasteiger partial charge on any atom is 0.130 e. The molecule has 0 aliphatic heterocycles. The molecule has 3 heteroatoms. The monoisotopic (exact) mass is 278 g/mol. The lowest BCUT2D eigenvalue weighted by atomic mass is 10.2. The van der Waals surface area contributed by atoms with Crippen LogP contribution in [-0.4, -0.2) is 10.4 Å². The second-order valence-electron chi connectivity index (χ2n) is 2.19. The quantitative estimate of drug-likeness (QED) is 0.825. The molecule has 0 radical (unpaired) electrons. The smallest absolute Gasteiger partial charge is 0.130 e. The van der Waals surface area contributed by atoms with Crippen molar-refractivity contribution in [3.05, 3.63) is 28.2 Å². The number of benzene rings is 1. The van der Waals surface area contributed by atoms with Crippen molar-refractivity contribution in [3.8, 4) is 5.75 Å². The zero-order chi connectivity index (χ0) is 8.27. The molecule has 0 aliphatic carbocycles. The zero-order valence-corrected chi connectivity index (χ0v) is 9.02. The Bertz CT molecular complexity index is 248. The predicted octanol–water partition coefficient (Wildman–Crippen LogP) is 3.09. The molecule has 0 heterocycles. The van der Waals surface area contributed by atoms with E-state index in [1.807, 2.05) is 12.1 Å². The summed E-state index contributed by atoms with van der Waals surface area (Å²) in [6, 6.07) is 5.50. The first-order chi connectivity index (χ1) is 5.25. The van der Waals surface area contributed by atoms with Crippen molar-refractivity contribution < 1.29 is 5.11 Å². The maximum atomic E-state index is 9.26. The molecule has 0 saturated heterocycles. The van der Waals surface area contributed by atoms with Gasteiger partial charge in [-0.15, -0.1) is 0 Å². The van der Waals surface area contributed by atoms with Crippen LogP contribution in [0.15, 0.2) is 22.7 Å². The van der Waals surface area contributed by atoms with Crippen LogP contribution in [0, 0.1) is 0 Å². The highest BCUT2D eigenvalue weighted by Crippen LogP contribution is 2.27. The summed E-state index contributed by atoms with van der Waals surface area (Å²) in [5.41, 5.74) is 1.13. The van der Waals surface area contributed by atoms with Gasteiger partial charge in [-0.1, -0.05) is 28.1 Å². The molecule has 1 nitrogen and oxygen atoms in total. The molecule has 1 aromatic rings. The van der Waals surface area contributed by atoms with Gasteiger partial charge < -0.3 is 5.11 Å². The van der Waals surface area contributed by atoms with Crippen molar-refractivity contribution in [2.24, 2.45) is 0 Å². The van der Waals surface area contributed by atoms with E-state index in [1.165, 1.54) is 0 Å². The number of aryl methyl sites for hydroxylation is 1. The van der Waals surface area contributed by atoms with Gasteiger partial charge in [-0.3, -0.25) is 0 Å². The molecule has 1 rings (SSSR count). The molecule has 0 aliphatic rings. The van der Waals surface area contributed by atoms with E-state index in [1.54, 1.807) is 6.07 Å². The molecule has 0 fully saturated rings. The van der Waals surface area contributed by atoms with Gasteiger partial charge in [0.15, 0.2) is 0 Å². The summed E-state index contributed by atoms with van der Waals surface area (Å²) in [5.74, 6) is 0.309. The molecule has 1 N–H and O–H groups in total. The molecule has 60 valence electrons. The fraction of sp³-hybridized carbons (Fsp3) is 0.250. The van der Waals surface area contributed by atoms with Crippen molar-refractivity contribution in [2.75, 3.05) is 5.33 Å². The Labute approximate surface area is 82.7 Å². The highest BCUT2D eigenvalue weighted by molar-refractivity contribution is 9.10. The van der Waals surface area contributed by atoms with E-state index in [0.29, 0.717) is 5.75 Å².